The maximum atomic E-state index is 12.0. The van der Waals surface area contributed by atoms with Gasteiger partial charge in [0.2, 0.25) is 0 Å². The minimum atomic E-state index is -3.54. The van der Waals surface area contributed by atoms with Crippen LogP contribution in [-0.2, 0) is 15.0 Å². The summed E-state index contributed by atoms with van der Waals surface area (Å²) in [5.41, 5.74) is 0. The third-order valence-corrected chi connectivity index (χ3v) is 5.54. The predicted octanol–water partition coefficient (Wildman–Crippen LogP) is 0.663. The molecule has 2 N–H and O–H groups in total. The molecule has 2 aliphatic carbocycles. The van der Waals surface area contributed by atoms with Gasteiger partial charge in [-0.25, -0.2) is 4.72 Å². The van der Waals surface area contributed by atoms with Gasteiger partial charge in [0.05, 0.1) is 6.42 Å². The van der Waals surface area contributed by atoms with E-state index in [0.717, 1.165) is 4.31 Å². The molecule has 0 saturated heterocycles. The average Bonchev–Trinajstić information content (AvgIpc) is 3.17. The van der Waals surface area contributed by atoms with E-state index in [0.29, 0.717) is 24.3 Å². The fourth-order valence-electron chi connectivity index (χ4n) is 2.45. The Hall–Kier alpha value is -0.660. The van der Waals surface area contributed by atoms with Crippen LogP contribution >= 0.6 is 0 Å². The topological polar surface area (TPSA) is 86.7 Å². The molecule has 110 valence electrons. The minimum absolute atomic E-state index is 0.00217. The van der Waals surface area contributed by atoms with Crippen LogP contribution in [0.25, 0.3) is 0 Å². The van der Waals surface area contributed by atoms with Crippen LogP contribution in [0.1, 0.15) is 32.1 Å². The van der Waals surface area contributed by atoms with Crippen LogP contribution in [0, 0.1) is 17.8 Å². The van der Waals surface area contributed by atoms with Crippen LogP contribution in [0.15, 0.2) is 0 Å². The number of carbonyl (C=O) groups is 1. The zero-order chi connectivity index (χ0) is 14.0. The molecule has 0 heterocycles. The van der Waals surface area contributed by atoms with Crippen LogP contribution in [0.3, 0.4) is 0 Å². The molecular weight excluding hydrogens is 268 g/mol. The Kier molecular flexibility index (Phi) is 4.47. The number of aliphatic carboxylic acids is 1. The van der Waals surface area contributed by atoms with E-state index >= 15 is 0 Å². The van der Waals surface area contributed by atoms with Gasteiger partial charge in [-0.1, -0.05) is 0 Å². The van der Waals surface area contributed by atoms with Crippen molar-refractivity contribution in [3.63, 3.8) is 0 Å². The molecule has 19 heavy (non-hydrogen) atoms. The molecular formula is C12H22N2O4S. The largest absolute Gasteiger partial charge is 0.481 e. The summed E-state index contributed by atoms with van der Waals surface area (Å²) < 4.78 is 27.6. The van der Waals surface area contributed by atoms with Gasteiger partial charge in [0.25, 0.3) is 10.2 Å². The standard InChI is InChI=1S/C12H22N2O4S/c1-14(7-6-12(15)16)19(17,18)13-8-11(9-2-3-9)10-4-5-10/h9-11,13H,2-8H2,1H3,(H,15,16). The van der Waals surface area contributed by atoms with Crippen molar-refractivity contribution in [2.75, 3.05) is 20.1 Å². The van der Waals surface area contributed by atoms with Gasteiger partial charge in [0.15, 0.2) is 0 Å². The molecule has 2 rings (SSSR count). The van der Waals surface area contributed by atoms with Crippen molar-refractivity contribution >= 4 is 16.2 Å². The van der Waals surface area contributed by atoms with E-state index in [-0.39, 0.29) is 13.0 Å². The van der Waals surface area contributed by atoms with Gasteiger partial charge in [-0.2, -0.15) is 12.7 Å². The molecule has 0 atom stereocenters. The Bertz CT molecular complexity index is 417. The van der Waals surface area contributed by atoms with Crippen molar-refractivity contribution in [1.29, 1.82) is 0 Å². The Morgan fingerprint density at radius 1 is 1.32 bits per heavy atom. The van der Waals surface area contributed by atoms with E-state index in [2.05, 4.69) is 4.72 Å². The van der Waals surface area contributed by atoms with Crippen LogP contribution in [0.5, 0.6) is 0 Å². The monoisotopic (exact) mass is 290 g/mol. The number of nitrogens with zero attached hydrogens (tertiary/aromatic N) is 1. The highest BCUT2D eigenvalue weighted by molar-refractivity contribution is 7.87. The first kappa shape index (κ1) is 14.7. The molecule has 0 unspecified atom stereocenters. The summed E-state index contributed by atoms with van der Waals surface area (Å²) in [6, 6.07) is 0. The molecule has 0 aliphatic heterocycles. The summed E-state index contributed by atoms with van der Waals surface area (Å²) in [5, 5.41) is 8.57. The first-order chi connectivity index (χ1) is 8.90. The SMILES string of the molecule is CN(CCC(=O)O)S(=O)(=O)NCC(C1CC1)C1CC1. The highest BCUT2D eigenvalue weighted by Crippen LogP contribution is 2.48. The molecule has 0 spiro atoms. The molecule has 0 aromatic heterocycles. The van der Waals surface area contributed by atoms with Crippen molar-refractivity contribution < 1.29 is 18.3 Å². The number of carboxylic acid groups (broad SMARTS) is 1. The maximum absolute atomic E-state index is 12.0. The lowest BCUT2D eigenvalue weighted by Gasteiger charge is -2.20. The zero-order valence-electron chi connectivity index (χ0n) is 11.2. The third kappa shape index (κ3) is 4.43. The number of hydrogen-bond acceptors (Lipinski definition) is 3. The van der Waals surface area contributed by atoms with E-state index in [9.17, 15) is 13.2 Å². The molecule has 0 bridgehead atoms. The number of rotatable bonds is 9. The van der Waals surface area contributed by atoms with Crippen molar-refractivity contribution in [3.8, 4) is 0 Å². The van der Waals surface area contributed by atoms with Crippen LogP contribution < -0.4 is 4.72 Å². The van der Waals surface area contributed by atoms with Crippen LogP contribution in [-0.4, -0.2) is 43.9 Å². The first-order valence-electron chi connectivity index (χ1n) is 6.83. The second kappa shape index (κ2) is 5.76. The highest BCUT2D eigenvalue weighted by atomic mass is 32.2. The van der Waals surface area contributed by atoms with E-state index < -0.39 is 16.2 Å². The first-order valence-corrected chi connectivity index (χ1v) is 8.27. The van der Waals surface area contributed by atoms with Crippen LogP contribution in [0.2, 0.25) is 0 Å². The van der Waals surface area contributed by atoms with Gasteiger partial charge in [0.1, 0.15) is 0 Å². The Morgan fingerprint density at radius 2 is 1.84 bits per heavy atom. The van der Waals surface area contributed by atoms with Crippen molar-refractivity contribution in [2.45, 2.75) is 32.1 Å². The lowest BCUT2D eigenvalue weighted by molar-refractivity contribution is -0.137. The van der Waals surface area contributed by atoms with Gasteiger partial charge in [0, 0.05) is 20.1 Å². The van der Waals surface area contributed by atoms with E-state index in [1.54, 1.807) is 0 Å². The maximum Gasteiger partial charge on any atom is 0.304 e. The summed E-state index contributed by atoms with van der Waals surface area (Å²) in [7, 11) is -2.13. The van der Waals surface area contributed by atoms with E-state index in [1.807, 2.05) is 0 Å². The summed E-state index contributed by atoms with van der Waals surface area (Å²) in [6.45, 7) is 0.497. The Morgan fingerprint density at radius 3 is 2.26 bits per heavy atom. The van der Waals surface area contributed by atoms with E-state index in [4.69, 9.17) is 5.11 Å². The minimum Gasteiger partial charge on any atom is -0.481 e. The summed E-state index contributed by atoms with van der Waals surface area (Å²) >= 11 is 0. The normalized spacial score (nSPS) is 20.2. The van der Waals surface area contributed by atoms with Crippen LogP contribution in [0.4, 0.5) is 0 Å². The van der Waals surface area contributed by atoms with Crippen molar-refractivity contribution in [3.05, 3.63) is 0 Å². The van der Waals surface area contributed by atoms with Gasteiger partial charge in [-0.3, -0.25) is 4.79 Å². The van der Waals surface area contributed by atoms with Gasteiger partial charge in [-0.15, -0.1) is 0 Å². The van der Waals surface area contributed by atoms with Crippen molar-refractivity contribution in [1.82, 2.24) is 9.03 Å². The second-order valence-corrected chi connectivity index (χ2v) is 7.52. The summed E-state index contributed by atoms with van der Waals surface area (Å²) in [6.07, 6.45) is 4.71. The number of carboxylic acids is 1. The average molecular weight is 290 g/mol. The predicted molar refractivity (Wildman–Crippen MR) is 70.7 cm³/mol. The molecule has 0 aromatic rings. The molecule has 6 nitrogen and oxygen atoms in total. The molecule has 0 amide bonds. The molecule has 2 fully saturated rings. The number of nitrogens with one attached hydrogen (secondary N) is 1. The fourth-order valence-corrected chi connectivity index (χ4v) is 3.41. The quantitative estimate of drug-likeness (QED) is 0.653. The van der Waals surface area contributed by atoms with Gasteiger partial charge in [-0.05, 0) is 43.4 Å². The summed E-state index contributed by atoms with van der Waals surface area (Å²) in [4.78, 5) is 10.5. The Balaban J connectivity index is 1.80. The van der Waals surface area contributed by atoms with Crippen molar-refractivity contribution in [2.24, 2.45) is 17.8 Å². The molecule has 0 aromatic carbocycles. The number of hydrogen-bond donors (Lipinski definition) is 2. The smallest absolute Gasteiger partial charge is 0.304 e. The molecule has 7 heteroatoms. The van der Waals surface area contributed by atoms with Gasteiger partial charge >= 0.3 is 5.97 Å². The molecule has 0 radical (unpaired) electrons. The lowest BCUT2D eigenvalue weighted by atomic mass is 9.99. The third-order valence-electron chi connectivity index (χ3n) is 4.01. The highest BCUT2D eigenvalue weighted by Gasteiger charge is 2.41. The molecule has 2 saturated carbocycles. The second-order valence-electron chi connectivity index (χ2n) is 5.66. The summed E-state index contributed by atoms with van der Waals surface area (Å²) in [5.74, 6) is 0.873. The lowest BCUT2D eigenvalue weighted by Crippen LogP contribution is -2.41. The Labute approximate surface area is 114 Å². The van der Waals surface area contributed by atoms with E-state index in [1.165, 1.54) is 32.7 Å². The van der Waals surface area contributed by atoms with Gasteiger partial charge < -0.3 is 5.11 Å². The zero-order valence-corrected chi connectivity index (χ0v) is 12.0. The fraction of sp³-hybridized carbons (Fsp3) is 0.917. The molecule has 2 aliphatic rings.